The third-order valence-electron chi connectivity index (χ3n) is 3.05. The van der Waals surface area contributed by atoms with Crippen LogP contribution in [0.1, 0.15) is 11.1 Å². The van der Waals surface area contributed by atoms with Gasteiger partial charge in [0.25, 0.3) is 0 Å². The lowest BCUT2D eigenvalue weighted by molar-refractivity contribution is -0.111. The lowest BCUT2D eigenvalue weighted by atomic mass is 10.1. The summed E-state index contributed by atoms with van der Waals surface area (Å²) < 4.78 is 6.18. The Bertz CT molecular complexity index is 729. The van der Waals surface area contributed by atoms with Crippen LogP contribution < -0.4 is 10.1 Å². The number of hydrogen-bond donors (Lipinski definition) is 1. The van der Waals surface area contributed by atoms with Crippen molar-refractivity contribution in [3.05, 3.63) is 63.1 Å². The fraction of sp³-hybridized carbons (Fsp3) is 0.118. The van der Waals surface area contributed by atoms with Crippen molar-refractivity contribution in [1.29, 1.82) is 0 Å². The Hall–Kier alpha value is -1.78. The van der Waals surface area contributed by atoms with Crippen molar-refractivity contribution < 1.29 is 9.53 Å². The van der Waals surface area contributed by atoms with Crippen molar-refractivity contribution in [3.63, 3.8) is 0 Å². The third-order valence-corrected chi connectivity index (χ3v) is 3.78. The summed E-state index contributed by atoms with van der Waals surface area (Å²) >= 11 is 9.30. The number of nitrogens with one attached hydrogen (secondary N) is 1. The van der Waals surface area contributed by atoms with E-state index in [0.717, 1.165) is 21.3 Å². The van der Waals surface area contributed by atoms with Crippen molar-refractivity contribution in [2.45, 2.75) is 6.92 Å². The van der Waals surface area contributed by atoms with Gasteiger partial charge in [0.1, 0.15) is 5.75 Å². The van der Waals surface area contributed by atoms with Gasteiger partial charge in [-0.2, -0.15) is 0 Å². The Morgan fingerprint density at radius 2 is 2.05 bits per heavy atom. The highest BCUT2D eigenvalue weighted by atomic mass is 79.9. The molecule has 0 saturated heterocycles. The normalized spacial score (nSPS) is 10.7. The molecule has 0 aliphatic heterocycles. The van der Waals surface area contributed by atoms with Crippen molar-refractivity contribution in [2.24, 2.45) is 0 Å². The van der Waals surface area contributed by atoms with Crippen LogP contribution in [0.15, 0.2) is 46.9 Å². The fourth-order valence-electron chi connectivity index (χ4n) is 1.94. The maximum absolute atomic E-state index is 12.0. The molecule has 0 spiro atoms. The number of methoxy groups -OCH3 is 1. The number of rotatable bonds is 4. The van der Waals surface area contributed by atoms with Gasteiger partial charge >= 0.3 is 0 Å². The van der Waals surface area contributed by atoms with Gasteiger partial charge in [-0.15, -0.1) is 0 Å². The number of carbonyl (C=O) groups is 1. The molecule has 0 aliphatic carbocycles. The minimum absolute atomic E-state index is 0.215. The number of aryl methyl sites for hydroxylation is 1. The average Bonchev–Trinajstić information content (AvgIpc) is 2.48. The molecule has 0 fully saturated rings. The Labute approximate surface area is 143 Å². The smallest absolute Gasteiger partial charge is 0.248 e. The highest BCUT2D eigenvalue weighted by molar-refractivity contribution is 9.10. The Morgan fingerprint density at radius 1 is 1.27 bits per heavy atom. The first-order chi connectivity index (χ1) is 10.5. The van der Waals surface area contributed by atoms with Crippen molar-refractivity contribution in [1.82, 2.24) is 0 Å². The first kappa shape index (κ1) is 16.6. The predicted molar refractivity (Wildman–Crippen MR) is 94.5 cm³/mol. The summed E-state index contributed by atoms with van der Waals surface area (Å²) in [7, 11) is 1.59. The summed E-state index contributed by atoms with van der Waals surface area (Å²) in [5.41, 5.74) is 2.47. The van der Waals surface area contributed by atoms with Gasteiger partial charge in [-0.25, -0.2) is 0 Å². The van der Waals surface area contributed by atoms with Crippen LogP contribution in [0.5, 0.6) is 5.75 Å². The van der Waals surface area contributed by atoms with Crippen LogP contribution in [0.3, 0.4) is 0 Å². The summed E-state index contributed by atoms with van der Waals surface area (Å²) in [5.74, 6) is 0.488. The zero-order chi connectivity index (χ0) is 16.1. The molecule has 2 aromatic carbocycles. The van der Waals surface area contributed by atoms with Gasteiger partial charge in [0.05, 0.1) is 7.11 Å². The summed E-state index contributed by atoms with van der Waals surface area (Å²) in [6.07, 6.45) is 3.18. The fourth-order valence-corrected chi connectivity index (χ4v) is 2.55. The van der Waals surface area contributed by atoms with Crippen LogP contribution in [0, 0.1) is 6.92 Å². The van der Waals surface area contributed by atoms with Gasteiger partial charge in [0, 0.05) is 26.8 Å². The Kier molecular flexibility index (Phi) is 5.63. The molecule has 0 heterocycles. The third kappa shape index (κ3) is 4.36. The molecule has 0 saturated carbocycles. The summed E-state index contributed by atoms with van der Waals surface area (Å²) in [6.45, 7) is 1.89. The van der Waals surface area contributed by atoms with Gasteiger partial charge in [0.2, 0.25) is 5.91 Å². The van der Waals surface area contributed by atoms with E-state index in [1.807, 2.05) is 25.1 Å². The molecule has 3 nitrogen and oxygen atoms in total. The molecule has 1 N–H and O–H groups in total. The van der Waals surface area contributed by atoms with Crippen LogP contribution in [0.4, 0.5) is 5.69 Å². The van der Waals surface area contributed by atoms with Crippen molar-refractivity contribution in [2.75, 3.05) is 12.4 Å². The molecular weight excluding hydrogens is 366 g/mol. The van der Waals surface area contributed by atoms with Gasteiger partial charge in [-0.1, -0.05) is 27.5 Å². The number of carbonyl (C=O) groups excluding carboxylic acids is 1. The quantitative estimate of drug-likeness (QED) is 0.752. The number of halogens is 2. The second kappa shape index (κ2) is 7.47. The molecule has 22 heavy (non-hydrogen) atoms. The second-order valence-corrected chi connectivity index (χ2v) is 6.02. The minimum atomic E-state index is -0.215. The first-order valence-electron chi connectivity index (χ1n) is 6.58. The Balaban J connectivity index is 2.13. The molecule has 2 rings (SSSR count). The summed E-state index contributed by atoms with van der Waals surface area (Å²) in [5, 5.41) is 3.47. The zero-order valence-electron chi connectivity index (χ0n) is 12.2. The van der Waals surface area contributed by atoms with E-state index in [1.165, 1.54) is 6.08 Å². The second-order valence-electron chi connectivity index (χ2n) is 4.67. The van der Waals surface area contributed by atoms with E-state index in [2.05, 4.69) is 21.2 Å². The van der Waals surface area contributed by atoms with E-state index in [-0.39, 0.29) is 5.91 Å². The van der Waals surface area contributed by atoms with Crippen LogP contribution >= 0.6 is 27.5 Å². The average molecular weight is 381 g/mol. The Morgan fingerprint density at radius 3 is 2.73 bits per heavy atom. The molecule has 0 radical (unpaired) electrons. The van der Waals surface area contributed by atoms with Crippen molar-refractivity contribution >= 4 is 45.2 Å². The topological polar surface area (TPSA) is 38.3 Å². The van der Waals surface area contributed by atoms with E-state index in [4.69, 9.17) is 16.3 Å². The highest BCUT2D eigenvalue weighted by Gasteiger charge is 2.04. The molecule has 114 valence electrons. The number of anilines is 1. The number of hydrogen-bond acceptors (Lipinski definition) is 2. The standard InChI is InChI=1S/C17H15BrClNO2/c1-11-9-14(19)5-6-15(11)20-17(21)8-3-12-10-13(18)4-7-16(12)22-2/h3-10H,1-2H3,(H,20,21)/b8-3+. The van der Waals surface area contributed by atoms with E-state index < -0.39 is 0 Å². The van der Waals surface area contributed by atoms with Crippen LogP contribution in [0.2, 0.25) is 5.02 Å². The van der Waals surface area contributed by atoms with Gasteiger partial charge in [0.15, 0.2) is 0 Å². The molecule has 0 atom stereocenters. The SMILES string of the molecule is COc1ccc(Br)cc1/C=C/C(=O)Nc1ccc(Cl)cc1C. The van der Waals surface area contributed by atoms with Crippen LogP contribution in [-0.4, -0.2) is 13.0 Å². The van der Waals surface area contributed by atoms with E-state index in [0.29, 0.717) is 10.8 Å². The maximum Gasteiger partial charge on any atom is 0.248 e. The van der Waals surface area contributed by atoms with E-state index in [1.54, 1.807) is 31.4 Å². The lowest BCUT2D eigenvalue weighted by Crippen LogP contribution is -2.08. The molecule has 0 aliphatic rings. The van der Waals surface area contributed by atoms with E-state index in [9.17, 15) is 4.79 Å². The van der Waals surface area contributed by atoms with Gasteiger partial charge in [-0.3, -0.25) is 4.79 Å². The summed E-state index contributed by atoms with van der Waals surface area (Å²) in [4.78, 5) is 12.0. The highest BCUT2D eigenvalue weighted by Crippen LogP contribution is 2.24. The number of ether oxygens (including phenoxy) is 1. The molecular formula is C17H15BrClNO2. The monoisotopic (exact) mass is 379 g/mol. The number of benzene rings is 2. The molecule has 0 unspecified atom stereocenters. The molecule has 5 heteroatoms. The van der Waals surface area contributed by atoms with E-state index >= 15 is 0 Å². The first-order valence-corrected chi connectivity index (χ1v) is 7.75. The molecule has 2 aromatic rings. The molecule has 0 bridgehead atoms. The largest absolute Gasteiger partial charge is 0.496 e. The number of amides is 1. The zero-order valence-corrected chi connectivity index (χ0v) is 14.5. The molecule has 1 amide bonds. The molecule has 0 aromatic heterocycles. The maximum atomic E-state index is 12.0. The van der Waals surface area contributed by atoms with Gasteiger partial charge in [-0.05, 0) is 55.0 Å². The van der Waals surface area contributed by atoms with Gasteiger partial charge < -0.3 is 10.1 Å². The van der Waals surface area contributed by atoms with Crippen LogP contribution in [-0.2, 0) is 4.79 Å². The van der Waals surface area contributed by atoms with Crippen molar-refractivity contribution in [3.8, 4) is 5.75 Å². The lowest BCUT2D eigenvalue weighted by Gasteiger charge is -2.07. The summed E-state index contributed by atoms with van der Waals surface area (Å²) in [6, 6.07) is 10.9. The van der Waals surface area contributed by atoms with Crippen LogP contribution in [0.25, 0.3) is 6.08 Å². The minimum Gasteiger partial charge on any atom is -0.496 e. The predicted octanol–water partition coefficient (Wildman–Crippen LogP) is 5.07.